The SMILES string of the molecule is O=C(O)c1nn(-c2cc(F)cc(F)c2)cc1O. The number of nitrogens with zero attached hydrogens (tertiary/aromatic N) is 2. The maximum absolute atomic E-state index is 12.9. The topological polar surface area (TPSA) is 75.3 Å². The van der Waals surface area contributed by atoms with Gasteiger partial charge in [-0.2, -0.15) is 5.10 Å². The summed E-state index contributed by atoms with van der Waals surface area (Å²) in [6, 6.07) is 2.59. The van der Waals surface area contributed by atoms with E-state index >= 15 is 0 Å². The molecule has 0 aliphatic rings. The van der Waals surface area contributed by atoms with Gasteiger partial charge in [-0.05, 0) is 12.1 Å². The van der Waals surface area contributed by atoms with Gasteiger partial charge >= 0.3 is 5.97 Å². The Morgan fingerprint density at radius 3 is 2.29 bits per heavy atom. The van der Waals surface area contributed by atoms with Gasteiger partial charge in [0.25, 0.3) is 0 Å². The molecule has 2 N–H and O–H groups in total. The van der Waals surface area contributed by atoms with Crippen LogP contribution in [0.4, 0.5) is 8.78 Å². The van der Waals surface area contributed by atoms with Gasteiger partial charge in [-0.15, -0.1) is 0 Å². The number of carbonyl (C=O) groups is 1. The average molecular weight is 240 g/mol. The molecule has 0 atom stereocenters. The lowest BCUT2D eigenvalue weighted by molar-refractivity contribution is 0.0687. The Morgan fingerprint density at radius 1 is 1.24 bits per heavy atom. The summed E-state index contributed by atoms with van der Waals surface area (Å²) in [6.45, 7) is 0. The molecule has 2 aromatic rings. The van der Waals surface area contributed by atoms with Crippen LogP contribution in [0, 0.1) is 11.6 Å². The van der Waals surface area contributed by atoms with Crippen molar-refractivity contribution in [2.75, 3.05) is 0 Å². The number of carboxylic acids is 1. The van der Waals surface area contributed by atoms with Gasteiger partial charge in [-0.1, -0.05) is 0 Å². The van der Waals surface area contributed by atoms with E-state index in [9.17, 15) is 18.7 Å². The first-order valence-electron chi connectivity index (χ1n) is 4.46. The molecule has 0 spiro atoms. The van der Waals surface area contributed by atoms with Gasteiger partial charge in [0.15, 0.2) is 5.75 Å². The molecule has 1 heterocycles. The molecule has 7 heteroatoms. The van der Waals surface area contributed by atoms with Crippen molar-refractivity contribution in [1.29, 1.82) is 0 Å². The molecule has 1 aromatic heterocycles. The second-order valence-corrected chi connectivity index (χ2v) is 3.24. The number of hydrogen-bond acceptors (Lipinski definition) is 3. The van der Waals surface area contributed by atoms with E-state index in [1.807, 2.05) is 0 Å². The van der Waals surface area contributed by atoms with Crippen molar-refractivity contribution >= 4 is 5.97 Å². The summed E-state index contributed by atoms with van der Waals surface area (Å²) in [4.78, 5) is 10.6. The van der Waals surface area contributed by atoms with E-state index in [2.05, 4.69) is 5.10 Å². The first-order chi connectivity index (χ1) is 7.97. The van der Waals surface area contributed by atoms with E-state index in [0.29, 0.717) is 6.07 Å². The van der Waals surface area contributed by atoms with Crippen molar-refractivity contribution in [1.82, 2.24) is 9.78 Å². The quantitative estimate of drug-likeness (QED) is 0.835. The molecule has 2 rings (SSSR count). The Bertz CT molecular complexity index is 575. The molecule has 1 aromatic carbocycles. The van der Waals surface area contributed by atoms with Crippen LogP contribution >= 0.6 is 0 Å². The lowest BCUT2D eigenvalue weighted by Gasteiger charge is -2.00. The summed E-state index contributed by atoms with van der Waals surface area (Å²) in [5.41, 5.74) is -0.611. The minimum absolute atomic E-state index is 0.0229. The van der Waals surface area contributed by atoms with E-state index in [1.165, 1.54) is 0 Å². The number of aromatic nitrogens is 2. The molecule has 0 radical (unpaired) electrons. The number of rotatable bonds is 2. The van der Waals surface area contributed by atoms with Crippen LogP contribution in [-0.4, -0.2) is 26.0 Å². The lowest BCUT2D eigenvalue weighted by Crippen LogP contribution is -2.01. The van der Waals surface area contributed by atoms with Gasteiger partial charge in [0, 0.05) is 6.07 Å². The third kappa shape index (κ3) is 2.07. The number of aromatic carboxylic acids is 1. The largest absolute Gasteiger partial charge is 0.504 e. The van der Waals surface area contributed by atoms with Gasteiger partial charge in [0.2, 0.25) is 5.69 Å². The first kappa shape index (κ1) is 11.1. The van der Waals surface area contributed by atoms with Crippen LogP contribution < -0.4 is 0 Å². The highest BCUT2D eigenvalue weighted by molar-refractivity contribution is 5.88. The smallest absolute Gasteiger partial charge is 0.360 e. The van der Waals surface area contributed by atoms with Crippen LogP contribution in [0.25, 0.3) is 5.69 Å². The molecule has 0 bridgehead atoms. The van der Waals surface area contributed by atoms with E-state index in [1.54, 1.807) is 0 Å². The number of benzene rings is 1. The van der Waals surface area contributed by atoms with Gasteiger partial charge in [0.05, 0.1) is 11.9 Å². The zero-order valence-corrected chi connectivity index (χ0v) is 8.26. The average Bonchev–Trinajstić information content (AvgIpc) is 2.59. The van der Waals surface area contributed by atoms with Gasteiger partial charge in [0.1, 0.15) is 11.6 Å². The van der Waals surface area contributed by atoms with Crippen LogP contribution in [0.5, 0.6) is 5.75 Å². The monoisotopic (exact) mass is 240 g/mol. The van der Waals surface area contributed by atoms with Gasteiger partial charge in [-0.3, -0.25) is 0 Å². The van der Waals surface area contributed by atoms with Crippen molar-refractivity contribution in [3.05, 3.63) is 41.7 Å². The molecule has 0 aliphatic carbocycles. The first-order valence-corrected chi connectivity index (χ1v) is 4.46. The minimum Gasteiger partial charge on any atom is -0.504 e. The van der Waals surface area contributed by atoms with Crippen molar-refractivity contribution in [3.63, 3.8) is 0 Å². The zero-order valence-electron chi connectivity index (χ0n) is 8.26. The van der Waals surface area contributed by atoms with Crippen LogP contribution in [0.3, 0.4) is 0 Å². The van der Waals surface area contributed by atoms with Crippen molar-refractivity contribution in [2.24, 2.45) is 0 Å². The maximum Gasteiger partial charge on any atom is 0.360 e. The molecule has 0 aliphatic heterocycles. The van der Waals surface area contributed by atoms with Crippen LogP contribution in [-0.2, 0) is 0 Å². The Kier molecular flexibility index (Phi) is 2.51. The van der Waals surface area contributed by atoms with Crippen molar-refractivity contribution < 1.29 is 23.8 Å². The summed E-state index contributed by atoms with van der Waals surface area (Å²) >= 11 is 0. The van der Waals surface area contributed by atoms with E-state index in [-0.39, 0.29) is 5.69 Å². The lowest BCUT2D eigenvalue weighted by atomic mass is 10.3. The number of aromatic hydroxyl groups is 1. The van der Waals surface area contributed by atoms with E-state index in [4.69, 9.17) is 5.11 Å². The predicted octanol–water partition coefficient (Wildman–Crippen LogP) is 1.55. The fraction of sp³-hybridized carbons (Fsp3) is 0. The predicted molar refractivity (Wildman–Crippen MR) is 52.1 cm³/mol. The Hall–Kier alpha value is -2.44. The van der Waals surface area contributed by atoms with Gasteiger partial charge in [-0.25, -0.2) is 18.3 Å². The number of halogens is 2. The third-order valence-electron chi connectivity index (χ3n) is 2.01. The van der Waals surface area contributed by atoms with Gasteiger partial charge < -0.3 is 10.2 Å². The fourth-order valence-electron chi connectivity index (χ4n) is 1.32. The number of hydrogen-bond donors (Lipinski definition) is 2. The second-order valence-electron chi connectivity index (χ2n) is 3.24. The summed E-state index contributed by atoms with van der Waals surface area (Å²) in [5, 5.41) is 21.4. The van der Waals surface area contributed by atoms with Crippen LogP contribution in [0.15, 0.2) is 24.4 Å². The summed E-state index contributed by atoms with van der Waals surface area (Å²) in [5.74, 6) is -3.67. The second kappa shape index (κ2) is 3.85. The molecule has 0 amide bonds. The van der Waals surface area contributed by atoms with E-state index < -0.39 is 29.0 Å². The fourth-order valence-corrected chi connectivity index (χ4v) is 1.32. The van der Waals surface area contributed by atoms with Crippen molar-refractivity contribution in [3.8, 4) is 11.4 Å². The molecule has 88 valence electrons. The molecular weight excluding hydrogens is 234 g/mol. The summed E-state index contributed by atoms with van der Waals surface area (Å²) < 4.78 is 26.7. The molecule has 5 nitrogen and oxygen atoms in total. The highest BCUT2D eigenvalue weighted by Crippen LogP contribution is 2.19. The Morgan fingerprint density at radius 2 is 1.82 bits per heavy atom. The van der Waals surface area contributed by atoms with Crippen LogP contribution in [0.2, 0.25) is 0 Å². The summed E-state index contributed by atoms with van der Waals surface area (Å²) in [7, 11) is 0. The molecule has 0 fully saturated rings. The highest BCUT2D eigenvalue weighted by atomic mass is 19.1. The minimum atomic E-state index is -1.43. The van der Waals surface area contributed by atoms with Crippen molar-refractivity contribution in [2.45, 2.75) is 0 Å². The molecule has 0 saturated carbocycles. The standard InChI is InChI=1S/C10H6F2N2O3/c11-5-1-6(12)3-7(2-5)14-4-8(15)9(13-14)10(16)17/h1-4,15H,(H,16,17). The normalized spacial score (nSPS) is 10.5. The number of carboxylic acid groups (broad SMARTS) is 1. The maximum atomic E-state index is 12.9. The molecule has 0 unspecified atom stereocenters. The zero-order chi connectivity index (χ0) is 12.6. The Labute approximate surface area is 93.5 Å². The van der Waals surface area contributed by atoms with Crippen LogP contribution in [0.1, 0.15) is 10.5 Å². The molecule has 0 saturated heterocycles. The third-order valence-corrected chi connectivity index (χ3v) is 2.01. The summed E-state index contributed by atoms with van der Waals surface area (Å²) in [6.07, 6.45) is 0.956. The molecule has 17 heavy (non-hydrogen) atoms. The highest BCUT2D eigenvalue weighted by Gasteiger charge is 2.16. The van der Waals surface area contributed by atoms with E-state index in [0.717, 1.165) is 23.0 Å². The molecular formula is C10H6F2N2O3. The Balaban J connectivity index is 2.53.